The fraction of sp³-hybridized carbons (Fsp3) is 0.167. The van der Waals surface area contributed by atoms with Crippen molar-refractivity contribution in [2.75, 3.05) is 0 Å². The standard InChI is InChI=1S/C12H11BrN2O2/c1-8-3-2-4-9(5-8)6-15-7-10(13)11(16)14-12(15)17/h2-5,7H,6H2,1H3,(H,14,16,17). The lowest BCUT2D eigenvalue weighted by Gasteiger charge is -2.06. The van der Waals surface area contributed by atoms with Crippen molar-refractivity contribution in [3.8, 4) is 0 Å². The molecule has 17 heavy (non-hydrogen) atoms. The first-order valence-electron chi connectivity index (χ1n) is 5.11. The minimum Gasteiger partial charge on any atom is -0.295 e. The van der Waals surface area contributed by atoms with E-state index in [1.54, 1.807) is 0 Å². The van der Waals surface area contributed by atoms with Gasteiger partial charge in [0.2, 0.25) is 0 Å². The van der Waals surface area contributed by atoms with Gasteiger partial charge in [-0.05, 0) is 28.4 Å². The zero-order valence-electron chi connectivity index (χ0n) is 9.24. The molecule has 0 amide bonds. The molecule has 1 heterocycles. The lowest BCUT2D eigenvalue weighted by atomic mass is 10.1. The molecule has 0 radical (unpaired) electrons. The van der Waals surface area contributed by atoms with Crippen LogP contribution in [0.5, 0.6) is 0 Å². The third-order valence-electron chi connectivity index (χ3n) is 2.40. The van der Waals surface area contributed by atoms with Gasteiger partial charge in [0.05, 0.1) is 11.0 Å². The molecule has 1 aromatic heterocycles. The molecule has 0 fully saturated rings. The number of benzene rings is 1. The molecule has 0 aliphatic heterocycles. The Morgan fingerprint density at radius 2 is 2.12 bits per heavy atom. The number of aryl methyl sites for hydroxylation is 1. The van der Waals surface area contributed by atoms with Gasteiger partial charge in [0, 0.05) is 6.20 Å². The number of aromatic amines is 1. The SMILES string of the molecule is Cc1cccc(Cn2cc(Br)c(=O)[nH]c2=O)c1. The van der Waals surface area contributed by atoms with Crippen LogP contribution in [0, 0.1) is 6.92 Å². The van der Waals surface area contributed by atoms with Gasteiger partial charge >= 0.3 is 5.69 Å². The summed E-state index contributed by atoms with van der Waals surface area (Å²) in [5.74, 6) is 0. The summed E-state index contributed by atoms with van der Waals surface area (Å²) in [6.07, 6.45) is 1.50. The summed E-state index contributed by atoms with van der Waals surface area (Å²) >= 11 is 3.10. The molecule has 2 aromatic rings. The Labute approximate surface area is 106 Å². The van der Waals surface area contributed by atoms with Gasteiger partial charge in [-0.25, -0.2) is 4.79 Å². The smallest absolute Gasteiger partial charge is 0.295 e. The van der Waals surface area contributed by atoms with Crippen LogP contribution in [0.1, 0.15) is 11.1 Å². The number of H-pyrrole nitrogens is 1. The average Bonchev–Trinajstić information content (AvgIpc) is 2.26. The Morgan fingerprint density at radius 3 is 2.82 bits per heavy atom. The van der Waals surface area contributed by atoms with Crippen molar-refractivity contribution in [3.05, 3.63) is 66.9 Å². The van der Waals surface area contributed by atoms with E-state index in [0.29, 0.717) is 11.0 Å². The van der Waals surface area contributed by atoms with Gasteiger partial charge in [-0.2, -0.15) is 0 Å². The van der Waals surface area contributed by atoms with Gasteiger partial charge in [0.15, 0.2) is 0 Å². The van der Waals surface area contributed by atoms with Crippen molar-refractivity contribution in [3.63, 3.8) is 0 Å². The molecule has 1 aromatic carbocycles. The van der Waals surface area contributed by atoms with Gasteiger partial charge in [-0.3, -0.25) is 14.3 Å². The number of hydrogen-bond donors (Lipinski definition) is 1. The molecular weight excluding hydrogens is 284 g/mol. The van der Waals surface area contributed by atoms with Crippen LogP contribution in [0.3, 0.4) is 0 Å². The van der Waals surface area contributed by atoms with E-state index in [0.717, 1.165) is 11.1 Å². The van der Waals surface area contributed by atoms with Crippen LogP contribution in [0.2, 0.25) is 0 Å². The van der Waals surface area contributed by atoms with Crippen LogP contribution in [0.15, 0.2) is 44.5 Å². The summed E-state index contributed by atoms with van der Waals surface area (Å²) in [4.78, 5) is 25.0. The van der Waals surface area contributed by atoms with Gasteiger partial charge < -0.3 is 0 Å². The van der Waals surface area contributed by atoms with Crippen LogP contribution in [0.4, 0.5) is 0 Å². The maximum atomic E-state index is 11.6. The monoisotopic (exact) mass is 294 g/mol. The molecule has 0 aliphatic rings. The average molecular weight is 295 g/mol. The third-order valence-corrected chi connectivity index (χ3v) is 2.97. The maximum absolute atomic E-state index is 11.6. The second-order valence-electron chi connectivity index (χ2n) is 3.85. The highest BCUT2D eigenvalue weighted by Crippen LogP contribution is 2.06. The zero-order valence-corrected chi connectivity index (χ0v) is 10.8. The molecule has 0 saturated carbocycles. The first-order chi connectivity index (χ1) is 8.06. The van der Waals surface area contributed by atoms with E-state index in [1.807, 2.05) is 31.2 Å². The van der Waals surface area contributed by atoms with Crippen molar-refractivity contribution in [2.24, 2.45) is 0 Å². The molecule has 5 heteroatoms. The number of halogens is 1. The number of nitrogens with one attached hydrogen (secondary N) is 1. The number of hydrogen-bond acceptors (Lipinski definition) is 2. The Hall–Kier alpha value is -1.62. The van der Waals surface area contributed by atoms with Crippen LogP contribution in [-0.2, 0) is 6.54 Å². The van der Waals surface area contributed by atoms with E-state index in [2.05, 4.69) is 20.9 Å². The minimum absolute atomic E-state index is 0.352. The lowest BCUT2D eigenvalue weighted by Crippen LogP contribution is -2.30. The first-order valence-corrected chi connectivity index (χ1v) is 5.90. The predicted octanol–water partition coefficient (Wildman–Crippen LogP) is 1.66. The summed E-state index contributed by atoms with van der Waals surface area (Å²) in [6.45, 7) is 2.44. The quantitative estimate of drug-likeness (QED) is 0.916. The number of rotatable bonds is 2. The van der Waals surface area contributed by atoms with E-state index in [1.165, 1.54) is 10.8 Å². The first kappa shape index (κ1) is 11.9. The van der Waals surface area contributed by atoms with E-state index in [-0.39, 0.29) is 0 Å². The molecule has 1 N–H and O–H groups in total. The van der Waals surface area contributed by atoms with Crippen molar-refractivity contribution >= 4 is 15.9 Å². The summed E-state index contributed by atoms with van der Waals surface area (Å²) in [6, 6.07) is 7.88. The lowest BCUT2D eigenvalue weighted by molar-refractivity contribution is 0.715. The van der Waals surface area contributed by atoms with Crippen LogP contribution < -0.4 is 11.2 Å². The second kappa shape index (κ2) is 4.71. The normalized spacial score (nSPS) is 10.5. The minimum atomic E-state index is -0.407. The fourth-order valence-corrected chi connectivity index (χ4v) is 1.95. The highest BCUT2D eigenvalue weighted by Gasteiger charge is 2.02. The van der Waals surface area contributed by atoms with Crippen LogP contribution in [0.25, 0.3) is 0 Å². The fourth-order valence-electron chi connectivity index (χ4n) is 1.61. The van der Waals surface area contributed by atoms with Gasteiger partial charge in [-0.15, -0.1) is 0 Å². The molecular formula is C12H11BrN2O2. The van der Waals surface area contributed by atoms with E-state index < -0.39 is 11.2 Å². The molecule has 0 unspecified atom stereocenters. The largest absolute Gasteiger partial charge is 0.328 e. The topological polar surface area (TPSA) is 54.9 Å². The molecule has 0 bridgehead atoms. The summed E-state index contributed by atoms with van der Waals surface area (Å²) < 4.78 is 1.81. The van der Waals surface area contributed by atoms with Crippen LogP contribution >= 0.6 is 15.9 Å². The molecule has 88 valence electrons. The van der Waals surface area contributed by atoms with Crippen molar-refractivity contribution in [1.29, 1.82) is 0 Å². The van der Waals surface area contributed by atoms with Crippen molar-refractivity contribution < 1.29 is 0 Å². The second-order valence-corrected chi connectivity index (χ2v) is 4.71. The molecule has 0 aliphatic carbocycles. The van der Waals surface area contributed by atoms with Crippen LogP contribution in [-0.4, -0.2) is 9.55 Å². The van der Waals surface area contributed by atoms with Crippen molar-refractivity contribution in [1.82, 2.24) is 9.55 Å². The maximum Gasteiger partial charge on any atom is 0.328 e. The van der Waals surface area contributed by atoms with Gasteiger partial charge in [0.25, 0.3) is 5.56 Å². The number of aromatic nitrogens is 2. The van der Waals surface area contributed by atoms with Gasteiger partial charge in [0.1, 0.15) is 0 Å². The summed E-state index contributed by atoms with van der Waals surface area (Å²) in [5.41, 5.74) is 1.35. The molecule has 0 spiro atoms. The van der Waals surface area contributed by atoms with E-state index in [4.69, 9.17) is 0 Å². The van der Waals surface area contributed by atoms with Crippen molar-refractivity contribution in [2.45, 2.75) is 13.5 Å². The van der Waals surface area contributed by atoms with E-state index in [9.17, 15) is 9.59 Å². The summed E-state index contributed by atoms with van der Waals surface area (Å²) in [5, 5.41) is 0. The van der Waals surface area contributed by atoms with Gasteiger partial charge in [-0.1, -0.05) is 29.8 Å². The van der Waals surface area contributed by atoms with E-state index >= 15 is 0 Å². The highest BCUT2D eigenvalue weighted by molar-refractivity contribution is 9.10. The predicted molar refractivity (Wildman–Crippen MR) is 69.3 cm³/mol. The molecule has 4 nitrogen and oxygen atoms in total. The third kappa shape index (κ3) is 2.74. The Morgan fingerprint density at radius 1 is 1.35 bits per heavy atom. The Kier molecular flexibility index (Phi) is 3.28. The summed E-state index contributed by atoms with van der Waals surface area (Å²) in [7, 11) is 0. The molecule has 2 rings (SSSR count). The Bertz CT molecular complexity index is 658. The molecule has 0 atom stereocenters. The Balaban J connectivity index is 2.40. The number of nitrogens with zero attached hydrogens (tertiary/aromatic N) is 1. The molecule has 0 saturated heterocycles. The highest BCUT2D eigenvalue weighted by atomic mass is 79.9. The zero-order chi connectivity index (χ0) is 12.4.